The van der Waals surface area contributed by atoms with Crippen LogP contribution in [0.4, 0.5) is 17.1 Å². The predicted octanol–water partition coefficient (Wildman–Crippen LogP) is 14.7. The van der Waals surface area contributed by atoms with Crippen molar-refractivity contribution in [3.8, 4) is 33.4 Å². The van der Waals surface area contributed by atoms with Crippen molar-refractivity contribution in [1.29, 1.82) is 0 Å². The van der Waals surface area contributed by atoms with Crippen LogP contribution < -0.4 is 4.90 Å². The standard InChI is InChI=1S/C52H51N/c1-52(2)50-33-40(36-11-5-3-6-12-36)23-29-47(50)48-30-28-44(34-51(48)52)53(43-26-21-39(22-27-43)49-32-35-17-18-41(49)31-35)42-24-19-38(20-25-42)46-16-10-9-15-45(46)37-13-7-4-8-14-37/h3,5-6,9-12,15-16,19-30,33-35,37,41,49H,4,7-8,13-14,17-18,31-32H2,1-2H3. The summed E-state index contributed by atoms with van der Waals surface area (Å²) in [6.45, 7) is 4.81. The van der Waals surface area contributed by atoms with Gasteiger partial charge in [-0.1, -0.05) is 137 Å². The molecule has 264 valence electrons. The summed E-state index contributed by atoms with van der Waals surface area (Å²) in [5.74, 6) is 3.24. The van der Waals surface area contributed by atoms with Gasteiger partial charge >= 0.3 is 0 Å². The van der Waals surface area contributed by atoms with E-state index in [1.165, 1.54) is 130 Å². The fourth-order valence-electron chi connectivity index (χ4n) is 11.0. The number of nitrogens with zero attached hydrogens (tertiary/aromatic N) is 1. The average molecular weight is 690 g/mol. The molecule has 1 nitrogen and oxygen atoms in total. The average Bonchev–Trinajstić information content (AvgIpc) is 3.92. The number of hydrogen-bond donors (Lipinski definition) is 0. The minimum absolute atomic E-state index is 0.116. The molecule has 6 aromatic carbocycles. The zero-order valence-corrected chi connectivity index (χ0v) is 31.4. The van der Waals surface area contributed by atoms with Gasteiger partial charge in [-0.25, -0.2) is 0 Å². The molecule has 0 N–H and O–H groups in total. The van der Waals surface area contributed by atoms with Crippen LogP contribution in [0.1, 0.15) is 106 Å². The zero-order valence-electron chi connectivity index (χ0n) is 31.4. The van der Waals surface area contributed by atoms with Gasteiger partial charge in [0.25, 0.3) is 0 Å². The van der Waals surface area contributed by atoms with Gasteiger partial charge in [-0.05, 0) is 154 Å². The fourth-order valence-corrected chi connectivity index (χ4v) is 11.0. The largest absolute Gasteiger partial charge is 0.310 e. The van der Waals surface area contributed by atoms with E-state index in [-0.39, 0.29) is 5.41 Å². The van der Waals surface area contributed by atoms with Gasteiger partial charge in [0.1, 0.15) is 0 Å². The molecule has 4 aliphatic carbocycles. The molecule has 4 aliphatic rings. The molecule has 3 atom stereocenters. The summed E-state index contributed by atoms with van der Waals surface area (Å²) in [7, 11) is 0. The van der Waals surface area contributed by atoms with Crippen LogP contribution in [0.5, 0.6) is 0 Å². The molecule has 0 spiro atoms. The van der Waals surface area contributed by atoms with Crippen molar-refractivity contribution in [3.05, 3.63) is 162 Å². The van der Waals surface area contributed by atoms with Gasteiger partial charge in [0.2, 0.25) is 0 Å². The Hall–Kier alpha value is -4.88. The van der Waals surface area contributed by atoms with Gasteiger partial charge in [0.15, 0.2) is 0 Å². The maximum Gasteiger partial charge on any atom is 0.0465 e. The Labute approximate surface area is 316 Å². The molecule has 0 amide bonds. The molecule has 0 radical (unpaired) electrons. The van der Waals surface area contributed by atoms with Crippen molar-refractivity contribution in [3.63, 3.8) is 0 Å². The SMILES string of the molecule is CC1(C)c2cc(-c3ccccc3)ccc2-c2ccc(N(c3ccc(-c4ccccc4C4CCCCC4)cc3)c3ccc(C4CC5CCC4C5)cc3)cc21. The molecule has 53 heavy (non-hydrogen) atoms. The Morgan fingerprint density at radius 1 is 0.491 bits per heavy atom. The highest BCUT2D eigenvalue weighted by atomic mass is 15.1. The first-order valence-electron chi connectivity index (χ1n) is 20.5. The van der Waals surface area contributed by atoms with Crippen molar-refractivity contribution < 1.29 is 0 Å². The first kappa shape index (κ1) is 32.7. The molecule has 0 heterocycles. The van der Waals surface area contributed by atoms with Crippen LogP contribution in [0.3, 0.4) is 0 Å². The second-order valence-electron chi connectivity index (χ2n) is 17.2. The van der Waals surface area contributed by atoms with E-state index in [1.807, 2.05) is 0 Å². The second-order valence-corrected chi connectivity index (χ2v) is 17.2. The molecule has 0 saturated heterocycles. The summed E-state index contributed by atoms with van der Waals surface area (Å²) in [6, 6.07) is 53.4. The van der Waals surface area contributed by atoms with Crippen LogP contribution in [-0.2, 0) is 5.41 Å². The van der Waals surface area contributed by atoms with Gasteiger partial charge in [0, 0.05) is 22.5 Å². The van der Waals surface area contributed by atoms with E-state index in [2.05, 4.69) is 158 Å². The lowest BCUT2D eigenvalue weighted by molar-refractivity contribution is 0.420. The summed E-state index contributed by atoms with van der Waals surface area (Å²) >= 11 is 0. The maximum atomic E-state index is 2.50. The van der Waals surface area contributed by atoms with Crippen LogP contribution in [-0.4, -0.2) is 0 Å². The van der Waals surface area contributed by atoms with Crippen molar-refractivity contribution in [1.82, 2.24) is 0 Å². The molecule has 6 aromatic rings. The first-order valence-corrected chi connectivity index (χ1v) is 20.5. The molecule has 3 unspecified atom stereocenters. The van der Waals surface area contributed by atoms with E-state index in [0.717, 1.165) is 17.8 Å². The number of fused-ring (bicyclic) bond motifs is 5. The quantitative estimate of drug-likeness (QED) is 0.161. The topological polar surface area (TPSA) is 3.24 Å². The highest BCUT2D eigenvalue weighted by molar-refractivity contribution is 5.87. The molecule has 3 fully saturated rings. The Kier molecular flexibility index (Phi) is 8.16. The third kappa shape index (κ3) is 5.75. The Morgan fingerprint density at radius 3 is 1.85 bits per heavy atom. The minimum atomic E-state index is -0.116. The van der Waals surface area contributed by atoms with Gasteiger partial charge in [-0.3, -0.25) is 0 Å². The highest BCUT2D eigenvalue weighted by Crippen LogP contribution is 2.54. The second kappa shape index (κ2) is 13.2. The van der Waals surface area contributed by atoms with Gasteiger partial charge in [0.05, 0.1) is 0 Å². The van der Waals surface area contributed by atoms with E-state index >= 15 is 0 Å². The summed E-state index contributed by atoms with van der Waals surface area (Å²) in [5, 5.41) is 0. The highest BCUT2D eigenvalue weighted by Gasteiger charge is 2.40. The Morgan fingerprint density at radius 2 is 1.13 bits per heavy atom. The number of rotatable bonds is 7. The van der Waals surface area contributed by atoms with Crippen LogP contribution in [0.2, 0.25) is 0 Å². The third-order valence-electron chi connectivity index (χ3n) is 13.8. The lowest BCUT2D eigenvalue weighted by atomic mass is 9.81. The van der Waals surface area contributed by atoms with E-state index in [4.69, 9.17) is 0 Å². The van der Waals surface area contributed by atoms with Crippen LogP contribution in [0, 0.1) is 11.8 Å². The summed E-state index contributed by atoms with van der Waals surface area (Å²) in [5.41, 5.74) is 17.4. The van der Waals surface area contributed by atoms with E-state index in [9.17, 15) is 0 Å². The number of anilines is 3. The molecule has 2 bridgehead atoms. The normalized spacial score (nSPS) is 21.4. The monoisotopic (exact) mass is 689 g/mol. The van der Waals surface area contributed by atoms with Crippen molar-refractivity contribution in [2.75, 3.05) is 4.90 Å². The number of hydrogen-bond acceptors (Lipinski definition) is 1. The van der Waals surface area contributed by atoms with Crippen LogP contribution in [0.25, 0.3) is 33.4 Å². The van der Waals surface area contributed by atoms with Gasteiger partial charge < -0.3 is 4.90 Å². The van der Waals surface area contributed by atoms with E-state index in [1.54, 1.807) is 0 Å². The molecular formula is C52H51N. The Bertz CT molecular complexity index is 2250. The van der Waals surface area contributed by atoms with Crippen LogP contribution in [0.15, 0.2) is 140 Å². The molecular weight excluding hydrogens is 639 g/mol. The third-order valence-corrected chi connectivity index (χ3v) is 13.8. The molecule has 0 aromatic heterocycles. The van der Waals surface area contributed by atoms with E-state index < -0.39 is 0 Å². The van der Waals surface area contributed by atoms with E-state index in [0.29, 0.717) is 5.92 Å². The summed E-state index contributed by atoms with van der Waals surface area (Å²) in [4.78, 5) is 2.50. The lowest BCUT2D eigenvalue weighted by Gasteiger charge is -2.29. The van der Waals surface area contributed by atoms with Crippen molar-refractivity contribution in [2.24, 2.45) is 11.8 Å². The minimum Gasteiger partial charge on any atom is -0.310 e. The molecule has 3 saturated carbocycles. The Balaban J connectivity index is 1.04. The molecule has 0 aliphatic heterocycles. The zero-order chi connectivity index (χ0) is 35.5. The smallest absolute Gasteiger partial charge is 0.0465 e. The number of benzene rings is 6. The summed E-state index contributed by atoms with van der Waals surface area (Å²) < 4.78 is 0. The van der Waals surface area contributed by atoms with Crippen LogP contribution >= 0.6 is 0 Å². The first-order chi connectivity index (χ1) is 26.0. The maximum absolute atomic E-state index is 2.50. The van der Waals surface area contributed by atoms with Crippen molar-refractivity contribution in [2.45, 2.75) is 88.9 Å². The fraction of sp³-hybridized carbons (Fsp3) is 0.308. The summed E-state index contributed by atoms with van der Waals surface area (Å²) in [6.07, 6.45) is 12.4. The van der Waals surface area contributed by atoms with Gasteiger partial charge in [-0.2, -0.15) is 0 Å². The molecule has 1 heteroatoms. The van der Waals surface area contributed by atoms with Gasteiger partial charge in [-0.15, -0.1) is 0 Å². The molecule has 10 rings (SSSR count). The predicted molar refractivity (Wildman–Crippen MR) is 224 cm³/mol. The lowest BCUT2D eigenvalue weighted by Crippen LogP contribution is -2.17. The van der Waals surface area contributed by atoms with Crippen molar-refractivity contribution >= 4 is 17.1 Å².